The number of benzene rings is 1. The van der Waals surface area contributed by atoms with E-state index in [0.29, 0.717) is 6.42 Å². The molecule has 0 radical (unpaired) electrons. The van der Waals surface area contributed by atoms with Crippen LogP contribution in [0, 0.1) is 5.82 Å². The van der Waals surface area contributed by atoms with Gasteiger partial charge in [0.15, 0.2) is 0 Å². The first-order valence-corrected chi connectivity index (χ1v) is 4.98. The number of carboxylic acids is 1. The normalized spacial score (nSPS) is 11.7. The van der Waals surface area contributed by atoms with Gasteiger partial charge in [-0.05, 0) is 18.6 Å². The van der Waals surface area contributed by atoms with Crippen LogP contribution in [0.15, 0.2) is 12.1 Å². The third kappa shape index (κ3) is 3.57. The minimum absolute atomic E-state index is 0. The van der Waals surface area contributed by atoms with Gasteiger partial charge in [0.05, 0.1) is 0 Å². The van der Waals surface area contributed by atoms with Gasteiger partial charge < -0.3 is 15.9 Å². The highest BCUT2D eigenvalue weighted by Gasteiger charge is 2.19. The van der Waals surface area contributed by atoms with Gasteiger partial charge in [0.2, 0.25) is 0 Å². The number of carbonyl (C=O) groups is 1. The van der Waals surface area contributed by atoms with E-state index in [2.05, 4.69) is 0 Å². The van der Waals surface area contributed by atoms with E-state index in [4.69, 9.17) is 10.8 Å². The van der Waals surface area contributed by atoms with Crippen molar-refractivity contribution in [1.82, 2.24) is 0 Å². The zero-order valence-corrected chi connectivity index (χ0v) is 10.1. The van der Waals surface area contributed by atoms with Crippen LogP contribution >= 0.6 is 12.4 Å². The van der Waals surface area contributed by atoms with Gasteiger partial charge in [-0.2, -0.15) is 0 Å². The Morgan fingerprint density at radius 3 is 2.59 bits per heavy atom. The number of carboxylic acid groups (broad SMARTS) is 1. The molecule has 0 aliphatic carbocycles. The second kappa shape index (κ2) is 6.42. The number of aromatic hydroxyl groups is 1. The van der Waals surface area contributed by atoms with Crippen molar-refractivity contribution in [2.45, 2.75) is 25.8 Å². The molecule has 0 aromatic heterocycles. The Balaban J connectivity index is 0.00000256. The minimum atomic E-state index is -1.37. The Bertz CT molecular complexity index is 412. The fraction of sp³-hybridized carbons (Fsp3) is 0.364. The second-order valence-corrected chi connectivity index (χ2v) is 3.59. The second-order valence-electron chi connectivity index (χ2n) is 3.59. The van der Waals surface area contributed by atoms with Crippen molar-refractivity contribution in [3.63, 3.8) is 0 Å². The summed E-state index contributed by atoms with van der Waals surface area (Å²) in [6.45, 7) is 1.90. The molecular formula is C11H15ClFNO3. The number of nitrogens with two attached hydrogens (primary N) is 1. The van der Waals surface area contributed by atoms with E-state index in [1.807, 2.05) is 6.92 Å². The van der Waals surface area contributed by atoms with Crippen molar-refractivity contribution in [2.24, 2.45) is 5.73 Å². The van der Waals surface area contributed by atoms with Gasteiger partial charge in [-0.15, -0.1) is 12.4 Å². The van der Waals surface area contributed by atoms with Gasteiger partial charge in [-0.1, -0.05) is 13.3 Å². The molecule has 4 nitrogen and oxygen atoms in total. The van der Waals surface area contributed by atoms with Crippen LogP contribution in [0.3, 0.4) is 0 Å². The van der Waals surface area contributed by atoms with Gasteiger partial charge in [-0.25, -0.2) is 9.18 Å². The van der Waals surface area contributed by atoms with E-state index < -0.39 is 29.1 Å². The van der Waals surface area contributed by atoms with Crippen LogP contribution in [0.4, 0.5) is 4.39 Å². The van der Waals surface area contributed by atoms with E-state index in [-0.39, 0.29) is 18.0 Å². The zero-order chi connectivity index (χ0) is 12.3. The molecule has 6 heteroatoms. The summed E-state index contributed by atoms with van der Waals surface area (Å²) in [6, 6.07) is 1.29. The Morgan fingerprint density at radius 1 is 1.53 bits per heavy atom. The molecule has 0 amide bonds. The van der Waals surface area contributed by atoms with Crippen LogP contribution < -0.4 is 5.73 Å². The van der Waals surface area contributed by atoms with E-state index in [1.54, 1.807) is 0 Å². The molecule has 1 atom stereocenters. The highest BCUT2D eigenvalue weighted by atomic mass is 35.5. The molecule has 0 saturated heterocycles. The zero-order valence-electron chi connectivity index (χ0n) is 9.31. The largest absolute Gasteiger partial charge is 0.507 e. The summed E-state index contributed by atoms with van der Waals surface area (Å²) in [4.78, 5) is 10.7. The average Bonchev–Trinajstić information content (AvgIpc) is 2.20. The molecular weight excluding hydrogens is 249 g/mol. The molecule has 0 fully saturated rings. The van der Waals surface area contributed by atoms with Gasteiger partial charge in [-0.3, -0.25) is 0 Å². The maximum absolute atomic E-state index is 13.1. The van der Waals surface area contributed by atoms with Gasteiger partial charge in [0.1, 0.15) is 17.1 Å². The first-order valence-electron chi connectivity index (χ1n) is 4.98. The number of phenols is 1. The van der Waals surface area contributed by atoms with Crippen LogP contribution in [0.25, 0.3) is 0 Å². The summed E-state index contributed by atoms with van der Waals surface area (Å²) in [5.74, 6) is -2.53. The molecule has 0 spiro atoms. The Hall–Kier alpha value is -1.33. The molecule has 1 rings (SSSR count). The molecule has 96 valence electrons. The predicted molar refractivity (Wildman–Crippen MR) is 64.1 cm³/mol. The molecule has 0 saturated carbocycles. The smallest absolute Gasteiger partial charge is 0.339 e. The van der Waals surface area contributed by atoms with Crippen molar-refractivity contribution in [3.05, 3.63) is 29.1 Å². The lowest BCUT2D eigenvalue weighted by molar-refractivity contribution is 0.0693. The summed E-state index contributed by atoms with van der Waals surface area (Å²) in [5, 5.41) is 18.4. The fourth-order valence-electron chi connectivity index (χ4n) is 1.53. The highest BCUT2D eigenvalue weighted by Crippen LogP contribution is 2.30. The summed E-state index contributed by atoms with van der Waals surface area (Å²) < 4.78 is 13.1. The van der Waals surface area contributed by atoms with Crippen molar-refractivity contribution in [3.8, 4) is 5.75 Å². The van der Waals surface area contributed by atoms with Crippen molar-refractivity contribution < 1.29 is 19.4 Å². The van der Waals surface area contributed by atoms with Crippen LogP contribution in [0.2, 0.25) is 0 Å². The number of hydrogen-bond donors (Lipinski definition) is 3. The lowest BCUT2D eigenvalue weighted by Gasteiger charge is -2.14. The monoisotopic (exact) mass is 263 g/mol. The van der Waals surface area contributed by atoms with E-state index >= 15 is 0 Å². The number of halogens is 2. The SMILES string of the molecule is CCC[C@@H](N)c1cc(F)cc(C(=O)O)c1O.Cl. The molecule has 0 aliphatic rings. The summed E-state index contributed by atoms with van der Waals surface area (Å²) in [6.07, 6.45) is 1.32. The van der Waals surface area contributed by atoms with Crippen LogP contribution in [-0.2, 0) is 0 Å². The molecule has 0 aliphatic heterocycles. The standard InChI is InChI=1S/C11H14FNO3.ClH/c1-2-3-9(13)7-4-6(12)5-8(10(7)14)11(15)16;/h4-5,9,14H,2-3,13H2,1H3,(H,15,16);1H/t9-;/m1./s1. The summed E-state index contributed by atoms with van der Waals surface area (Å²) in [5.41, 5.74) is 5.41. The maximum Gasteiger partial charge on any atom is 0.339 e. The Labute approximate surface area is 105 Å². The molecule has 1 aromatic rings. The van der Waals surface area contributed by atoms with Gasteiger partial charge >= 0.3 is 5.97 Å². The minimum Gasteiger partial charge on any atom is -0.507 e. The molecule has 1 aromatic carbocycles. The van der Waals surface area contributed by atoms with Crippen molar-refractivity contribution in [2.75, 3.05) is 0 Å². The van der Waals surface area contributed by atoms with Crippen molar-refractivity contribution >= 4 is 18.4 Å². The van der Waals surface area contributed by atoms with E-state index in [0.717, 1.165) is 18.6 Å². The quantitative estimate of drug-likeness (QED) is 0.779. The molecule has 0 bridgehead atoms. The molecule has 17 heavy (non-hydrogen) atoms. The number of rotatable bonds is 4. The van der Waals surface area contributed by atoms with Crippen LogP contribution in [0.5, 0.6) is 5.75 Å². The van der Waals surface area contributed by atoms with Gasteiger partial charge in [0.25, 0.3) is 0 Å². The van der Waals surface area contributed by atoms with E-state index in [9.17, 15) is 14.3 Å². The number of aromatic carboxylic acids is 1. The summed E-state index contributed by atoms with van der Waals surface area (Å²) >= 11 is 0. The molecule has 4 N–H and O–H groups in total. The lowest BCUT2D eigenvalue weighted by atomic mass is 9.99. The average molecular weight is 264 g/mol. The van der Waals surface area contributed by atoms with Crippen molar-refractivity contribution in [1.29, 1.82) is 0 Å². The number of hydrogen-bond acceptors (Lipinski definition) is 3. The first-order chi connectivity index (χ1) is 7.47. The topological polar surface area (TPSA) is 83.6 Å². The summed E-state index contributed by atoms with van der Waals surface area (Å²) in [7, 11) is 0. The maximum atomic E-state index is 13.1. The fourth-order valence-corrected chi connectivity index (χ4v) is 1.53. The van der Waals surface area contributed by atoms with Crippen LogP contribution in [-0.4, -0.2) is 16.2 Å². The molecule has 0 unspecified atom stereocenters. The highest BCUT2D eigenvalue weighted by molar-refractivity contribution is 5.91. The third-order valence-corrected chi connectivity index (χ3v) is 2.33. The Morgan fingerprint density at radius 2 is 2.12 bits per heavy atom. The Kier molecular flexibility index (Phi) is 5.91. The van der Waals surface area contributed by atoms with E-state index in [1.165, 1.54) is 0 Å². The predicted octanol–water partition coefficient (Wildman–Crippen LogP) is 2.45. The van der Waals surface area contributed by atoms with Gasteiger partial charge in [0, 0.05) is 11.6 Å². The third-order valence-electron chi connectivity index (χ3n) is 2.33. The van der Waals surface area contributed by atoms with Crippen LogP contribution in [0.1, 0.15) is 41.7 Å². The lowest BCUT2D eigenvalue weighted by Crippen LogP contribution is -2.12. The first kappa shape index (κ1) is 15.7. The molecule has 0 heterocycles.